The summed E-state index contributed by atoms with van der Waals surface area (Å²) in [4.78, 5) is -0.274. The lowest BCUT2D eigenvalue weighted by molar-refractivity contribution is 0.595. The van der Waals surface area contributed by atoms with E-state index in [4.69, 9.17) is 10.7 Å². The van der Waals surface area contributed by atoms with E-state index < -0.39 is 14.9 Å². The molecule has 0 unspecified atom stereocenters. The van der Waals surface area contributed by atoms with E-state index in [1.54, 1.807) is 12.4 Å². The van der Waals surface area contributed by atoms with Crippen LogP contribution in [0.4, 0.5) is 4.39 Å². The first-order valence-electron chi connectivity index (χ1n) is 4.64. The van der Waals surface area contributed by atoms with Gasteiger partial charge in [0.15, 0.2) is 0 Å². The van der Waals surface area contributed by atoms with E-state index in [1.165, 1.54) is 16.8 Å². The second-order valence-corrected chi connectivity index (χ2v) is 6.08. The van der Waals surface area contributed by atoms with Crippen LogP contribution in [0.15, 0.2) is 35.5 Å². The monoisotopic (exact) mass is 274 g/mol. The molecule has 90 valence electrons. The highest BCUT2D eigenvalue weighted by atomic mass is 35.7. The summed E-state index contributed by atoms with van der Waals surface area (Å²) >= 11 is 0. The molecule has 17 heavy (non-hydrogen) atoms. The van der Waals surface area contributed by atoms with Crippen LogP contribution >= 0.6 is 10.7 Å². The van der Waals surface area contributed by atoms with Crippen LogP contribution in [0.25, 0.3) is 5.69 Å². The molecule has 1 heterocycles. The first kappa shape index (κ1) is 12.1. The highest BCUT2D eigenvalue weighted by molar-refractivity contribution is 8.13. The van der Waals surface area contributed by atoms with Crippen molar-refractivity contribution in [2.45, 2.75) is 11.8 Å². The zero-order valence-electron chi connectivity index (χ0n) is 8.76. The molecule has 0 aliphatic rings. The van der Waals surface area contributed by atoms with Crippen LogP contribution in [0.2, 0.25) is 0 Å². The van der Waals surface area contributed by atoms with Crippen LogP contribution in [0.1, 0.15) is 5.56 Å². The van der Waals surface area contributed by atoms with E-state index in [2.05, 4.69) is 5.10 Å². The highest BCUT2D eigenvalue weighted by Gasteiger charge is 2.14. The molecule has 0 aliphatic carbocycles. The van der Waals surface area contributed by atoms with Crippen molar-refractivity contribution in [3.8, 4) is 5.69 Å². The first-order chi connectivity index (χ1) is 7.88. The second kappa shape index (κ2) is 4.12. The Bertz CT molecular complexity index is 667. The van der Waals surface area contributed by atoms with Crippen LogP contribution in [0, 0.1) is 12.7 Å². The SMILES string of the molecule is Cc1cnn(-c2ccc(S(=O)(=O)Cl)cc2F)c1. The van der Waals surface area contributed by atoms with E-state index in [9.17, 15) is 12.8 Å². The van der Waals surface area contributed by atoms with Gasteiger partial charge in [0, 0.05) is 16.9 Å². The largest absolute Gasteiger partial charge is 0.261 e. The summed E-state index contributed by atoms with van der Waals surface area (Å²) < 4.78 is 37.0. The van der Waals surface area contributed by atoms with Gasteiger partial charge >= 0.3 is 0 Å². The van der Waals surface area contributed by atoms with Crippen LogP contribution in [0.3, 0.4) is 0 Å². The van der Waals surface area contributed by atoms with Crippen molar-refractivity contribution < 1.29 is 12.8 Å². The molecule has 1 aromatic heterocycles. The first-order valence-corrected chi connectivity index (χ1v) is 6.95. The summed E-state index contributed by atoms with van der Waals surface area (Å²) in [6.45, 7) is 1.82. The minimum atomic E-state index is -3.92. The normalized spacial score (nSPS) is 11.7. The number of nitrogens with zero attached hydrogens (tertiary/aromatic N) is 2. The van der Waals surface area contributed by atoms with Gasteiger partial charge in [0.2, 0.25) is 0 Å². The Morgan fingerprint density at radius 1 is 1.41 bits per heavy atom. The molecule has 4 nitrogen and oxygen atoms in total. The van der Waals surface area contributed by atoms with Gasteiger partial charge in [0.25, 0.3) is 9.05 Å². The summed E-state index contributed by atoms with van der Waals surface area (Å²) in [5.74, 6) is -0.699. The molecular formula is C10H8ClFN2O2S. The summed E-state index contributed by atoms with van der Waals surface area (Å²) in [5, 5.41) is 3.93. The maximum Gasteiger partial charge on any atom is 0.261 e. The van der Waals surface area contributed by atoms with Gasteiger partial charge in [-0.05, 0) is 30.7 Å². The van der Waals surface area contributed by atoms with Crippen molar-refractivity contribution in [1.29, 1.82) is 0 Å². The second-order valence-electron chi connectivity index (χ2n) is 3.51. The Morgan fingerprint density at radius 2 is 2.12 bits per heavy atom. The molecule has 0 fully saturated rings. The molecular weight excluding hydrogens is 267 g/mol. The lowest BCUT2D eigenvalue weighted by atomic mass is 10.3. The van der Waals surface area contributed by atoms with Gasteiger partial charge in [-0.3, -0.25) is 0 Å². The Balaban J connectivity index is 2.53. The van der Waals surface area contributed by atoms with E-state index in [0.29, 0.717) is 0 Å². The van der Waals surface area contributed by atoms with Crippen LogP contribution in [-0.4, -0.2) is 18.2 Å². The highest BCUT2D eigenvalue weighted by Crippen LogP contribution is 2.20. The topological polar surface area (TPSA) is 52.0 Å². The lowest BCUT2D eigenvalue weighted by Crippen LogP contribution is -2.00. The number of halogens is 2. The van der Waals surface area contributed by atoms with Gasteiger partial charge in [-0.2, -0.15) is 5.10 Å². The van der Waals surface area contributed by atoms with Crippen LogP contribution in [-0.2, 0) is 9.05 Å². The zero-order valence-corrected chi connectivity index (χ0v) is 10.3. The third-order valence-electron chi connectivity index (χ3n) is 2.16. The molecule has 1 aromatic carbocycles. The number of hydrogen-bond acceptors (Lipinski definition) is 3. The van der Waals surface area contributed by atoms with Crippen molar-refractivity contribution >= 4 is 19.7 Å². The molecule has 2 rings (SSSR count). The fourth-order valence-corrected chi connectivity index (χ4v) is 2.13. The number of benzene rings is 1. The van der Waals surface area contributed by atoms with E-state index >= 15 is 0 Å². The molecule has 2 aromatic rings. The maximum absolute atomic E-state index is 13.7. The predicted molar refractivity (Wildman–Crippen MR) is 61.3 cm³/mol. The molecule has 0 spiro atoms. The Morgan fingerprint density at radius 3 is 2.59 bits per heavy atom. The van der Waals surface area contributed by atoms with Gasteiger partial charge in [0.05, 0.1) is 11.1 Å². The molecule has 0 amide bonds. The van der Waals surface area contributed by atoms with Crippen molar-refractivity contribution in [3.63, 3.8) is 0 Å². The van der Waals surface area contributed by atoms with E-state index in [-0.39, 0.29) is 10.6 Å². The number of hydrogen-bond donors (Lipinski definition) is 0. The predicted octanol–water partition coefficient (Wildman–Crippen LogP) is 2.25. The van der Waals surface area contributed by atoms with Crippen molar-refractivity contribution in [2.24, 2.45) is 0 Å². The van der Waals surface area contributed by atoms with E-state index in [0.717, 1.165) is 11.6 Å². The summed E-state index contributed by atoms with van der Waals surface area (Å²) in [6, 6.07) is 3.42. The van der Waals surface area contributed by atoms with Gasteiger partial charge in [-0.25, -0.2) is 17.5 Å². The number of aromatic nitrogens is 2. The molecule has 0 aliphatic heterocycles. The standard InChI is InChI=1S/C10H8ClFN2O2S/c1-7-5-13-14(6-7)10-3-2-8(4-9(10)12)17(11,15)16/h2-6H,1H3. The number of aryl methyl sites for hydroxylation is 1. The molecule has 0 atom stereocenters. The van der Waals surface area contributed by atoms with Crippen molar-refractivity contribution in [2.75, 3.05) is 0 Å². The minimum absolute atomic E-state index is 0.169. The average Bonchev–Trinajstić information content (AvgIpc) is 2.63. The molecule has 0 saturated heterocycles. The lowest BCUT2D eigenvalue weighted by Gasteiger charge is -2.04. The Labute approximate surface area is 102 Å². The van der Waals surface area contributed by atoms with Crippen molar-refractivity contribution in [3.05, 3.63) is 42.0 Å². The van der Waals surface area contributed by atoms with Crippen LogP contribution < -0.4 is 0 Å². The maximum atomic E-state index is 13.7. The van der Waals surface area contributed by atoms with Gasteiger partial charge in [-0.1, -0.05) is 0 Å². The van der Waals surface area contributed by atoms with Gasteiger partial charge < -0.3 is 0 Å². The number of rotatable bonds is 2. The van der Waals surface area contributed by atoms with Crippen molar-refractivity contribution in [1.82, 2.24) is 9.78 Å². The Kier molecular flexibility index (Phi) is 2.92. The quantitative estimate of drug-likeness (QED) is 0.789. The summed E-state index contributed by atoms with van der Waals surface area (Å²) in [5.41, 5.74) is 1.04. The smallest absolute Gasteiger partial charge is 0.238 e. The van der Waals surface area contributed by atoms with Gasteiger partial charge in [-0.15, -0.1) is 0 Å². The third kappa shape index (κ3) is 2.48. The average molecular weight is 275 g/mol. The fourth-order valence-electron chi connectivity index (χ4n) is 1.37. The minimum Gasteiger partial charge on any atom is -0.238 e. The molecule has 0 bridgehead atoms. The Hall–Kier alpha value is -1.40. The molecule has 0 N–H and O–H groups in total. The third-order valence-corrected chi connectivity index (χ3v) is 3.51. The summed E-state index contributed by atoms with van der Waals surface area (Å²) in [7, 11) is 1.20. The van der Waals surface area contributed by atoms with Gasteiger partial charge in [0.1, 0.15) is 11.5 Å². The zero-order chi connectivity index (χ0) is 12.6. The molecule has 0 saturated carbocycles. The fraction of sp³-hybridized carbons (Fsp3) is 0.100. The van der Waals surface area contributed by atoms with E-state index in [1.807, 2.05) is 6.92 Å². The molecule has 0 radical (unpaired) electrons. The molecule has 7 heteroatoms. The summed E-state index contributed by atoms with van der Waals surface area (Å²) in [6.07, 6.45) is 3.21. The van der Waals surface area contributed by atoms with Crippen LogP contribution in [0.5, 0.6) is 0 Å².